The van der Waals surface area contributed by atoms with E-state index in [1.807, 2.05) is 0 Å². The lowest BCUT2D eigenvalue weighted by atomic mass is 10.1. The van der Waals surface area contributed by atoms with Crippen molar-refractivity contribution in [1.82, 2.24) is 4.90 Å². The summed E-state index contributed by atoms with van der Waals surface area (Å²) in [6.45, 7) is 1.50. The van der Waals surface area contributed by atoms with Crippen molar-refractivity contribution in [3.05, 3.63) is 35.4 Å². The van der Waals surface area contributed by atoms with Gasteiger partial charge in [-0.15, -0.1) is 0 Å². The Morgan fingerprint density at radius 2 is 1.70 bits per heavy atom. The van der Waals surface area contributed by atoms with Crippen molar-refractivity contribution in [1.29, 1.82) is 0 Å². The molecule has 1 unspecified atom stereocenters. The van der Waals surface area contributed by atoms with Gasteiger partial charge in [0, 0.05) is 17.2 Å². The summed E-state index contributed by atoms with van der Waals surface area (Å²) in [6.07, 6.45) is 1.64. The van der Waals surface area contributed by atoms with Crippen LogP contribution in [0, 0.1) is 0 Å². The highest BCUT2D eigenvalue weighted by atomic mass is 16.4. The third kappa shape index (κ3) is 2.79. The summed E-state index contributed by atoms with van der Waals surface area (Å²) in [5, 5.41) is 9.09. The molecule has 6 nitrogen and oxygen atoms in total. The molecule has 1 atom stereocenters. The first-order chi connectivity index (χ1) is 9.41. The average molecular weight is 276 g/mol. The number of nitrogens with zero attached hydrogens (tertiary/aromatic N) is 1. The van der Waals surface area contributed by atoms with Crippen LogP contribution in [0.2, 0.25) is 0 Å². The summed E-state index contributed by atoms with van der Waals surface area (Å²) in [4.78, 5) is 35.9. The maximum absolute atomic E-state index is 12.4. The molecule has 20 heavy (non-hydrogen) atoms. The number of carboxylic acid groups (broad SMARTS) is 1. The predicted octanol–water partition coefficient (Wildman–Crippen LogP) is 0.863. The first-order valence-corrected chi connectivity index (χ1v) is 6.37. The summed E-state index contributed by atoms with van der Waals surface area (Å²) in [5.74, 6) is -1.93. The lowest BCUT2D eigenvalue weighted by Crippen LogP contribution is -2.44. The van der Waals surface area contributed by atoms with E-state index < -0.39 is 17.9 Å². The van der Waals surface area contributed by atoms with Crippen LogP contribution < -0.4 is 5.73 Å². The molecule has 1 aromatic carbocycles. The Bertz CT molecular complexity index is 549. The van der Waals surface area contributed by atoms with E-state index in [-0.39, 0.29) is 11.9 Å². The highest BCUT2D eigenvalue weighted by Gasteiger charge is 2.38. The topological polar surface area (TPSA) is 101 Å². The summed E-state index contributed by atoms with van der Waals surface area (Å²) < 4.78 is 0. The van der Waals surface area contributed by atoms with Gasteiger partial charge in [0.2, 0.25) is 5.91 Å². The molecule has 0 radical (unpaired) electrons. The summed E-state index contributed by atoms with van der Waals surface area (Å²) in [7, 11) is 0. The van der Waals surface area contributed by atoms with Crippen LogP contribution in [-0.2, 0) is 4.79 Å². The summed E-state index contributed by atoms with van der Waals surface area (Å²) in [6, 6.07) is 5.03. The minimum Gasteiger partial charge on any atom is -0.480 e. The zero-order valence-corrected chi connectivity index (χ0v) is 11.1. The Morgan fingerprint density at radius 3 is 2.10 bits per heavy atom. The van der Waals surface area contributed by atoms with Crippen LogP contribution >= 0.6 is 0 Å². The van der Waals surface area contributed by atoms with Gasteiger partial charge in [-0.2, -0.15) is 0 Å². The second-order valence-corrected chi connectivity index (χ2v) is 4.90. The van der Waals surface area contributed by atoms with E-state index in [1.54, 1.807) is 0 Å². The molecule has 1 aliphatic rings. The maximum Gasteiger partial charge on any atom is 0.326 e. The lowest BCUT2D eigenvalue weighted by Gasteiger charge is -2.26. The van der Waals surface area contributed by atoms with Gasteiger partial charge in [-0.1, -0.05) is 0 Å². The van der Waals surface area contributed by atoms with Crippen molar-refractivity contribution in [2.24, 2.45) is 5.73 Å². The first kappa shape index (κ1) is 14.0. The van der Waals surface area contributed by atoms with E-state index in [9.17, 15) is 14.4 Å². The predicted molar refractivity (Wildman–Crippen MR) is 71.2 cm³/mol. The third-order valence-corrected chi connectivity index (χ3v) is 3.37. The molecule has 1 aromatic rings. The molecule has 0 aliphatic heterocycles. The van der Waals surface area contributed by atoms with E-state index in [0.717, 1.165) is 12.8 Å². The van der Waals surface area contributed by atoms with Gasteiger partial charge >= 0.3 is 5.97 Å². The monoisotopic (exact) mass is 276 g/mol. The number of hydrogen-bond donors (Lipinski definition) is 2. The zero-order valence-electron chi connectivity index (χ0n) is 11.1. The van der Waals surface area contributed by atoms with Crippen LogP contribution in [0.3, 0.4) is 0 Å². The number of rotatable bonds is 5. The standard InChI is InChI=1S/C14H16N2O4/c1-8(14(19)20)16(11-6-7-11)13(18)10-4-2-9(3-5-10)12(15)17/h2-5,8,11H,6-7H2,1H3,(H2,15,17)(H,19,20). The molecule has 1 fully saturated rings. The van der Waals surface area contributed by atoms with Gasteiger partial charge in [0.25, 0.3) is 5.91 Å². The van der Waals surface area contributed by atoms with Crippen LogP contribution in [-0.4, -0.2) is 39.9 Å². The number of aliphatic carboxylic acids is 1. The minimum atomic E-state index is -1.03. The Morgan fingerprint density at radius 1 is 1.20 bits per heavy atom. The van der Waals surface area contributed by atoms with Crippen LogP contribution in [0.5, 0.6) is 0 Å². The molecule has 0 bridgehead atoms. The van der Waals surface area contributed by atoms with Gasteiger partial charge in [0.1, 0.15) is 6.04 Å². The Hall–Kier alpha value is -2.37. The van der Waals surface area contributed by atoms with Crippen molar-refractivity contribution in [2.45, 2.75) is 31.8 Å². The molecular weight excluding hydrogens is 260 g/mol. The molecule has 0 saturated heterocycles. The average Bonchev–Trinajstić information content (AvgIpc) is 3.23. The zero-order chi connectivity index (χ0) is 14.9. The number of carbonyl (C=O) groups is 3. The van der Waals surface area contributed by atoms with Gasteiger partial charge in [-0.3, -0.25) is 9.59 Å². The van der Waals surface area contributed by atoms with Crippen LogP contribution in [0.25, 0.3) is 0 Å². The smallest absolute Gasteiger partial charge is 0.326 e. The van der Waals surface area contributed by atoms with Crippen LogP contribution in [0.1, 0.15) is 40.5 Å². The van der Waals surface area contributed by atoms with E-state index >= 15 is 0 Å². The highest BCUT2D eigenvalue weighted by molar-refractivity contribution is 5.98. The molecular formula is C14H16N2O4. The second kappa shape index (κ2) is 5.32. The number of nitrogens with two attached hydrogens (primary N) is 1. The maximum atomic E-state index is 12.4. The van der Waals surface area contributed by atoms with Crippen molar-refractivity contribution in [3.8, 4) is 0 Å². The molecule has 0 aromatic heterocycles. The Labute approximate surface area is 116 Å². The number of hydrogen-bond acceptors (Lipinski definition) is 3. The van der Waals surface area contributed by atoms with E-state index in [0.29, 0.717) is 11.1 Å². The number of amides is 2. The van der Waals surface area contributed by atoms with Gasteiger partial charge < -0.3 is 15.7 Å². The van der Waals surface area contributed by atoms with Crippen LogP contribution in [0.4, 0.5) is 0 Å². The molecule has 3 N–H and O–H groups in total. The molecule has 1 aliphatic carbocycles. The fourth-order valence-electron chi connectivity index (χ4n) is 2.06. The van der Waals surface area contributed by atoms with Crippen molar-refractivity contribution in [3.63, 3.8) is 0 Å². The fraction of sp³-hybridized carbons (Fsp3) is 0.357. The minimum absolute atomic E-state index is 0.00980. The fourth-order valence-corrected chi connectivity index (χ4v) is 2.06. The van der Waals surface area contributed by atoms with Gasteiger partial charge in [-0.25, -0.2) is 4.79 Å². The largest absolute Gasteiger partial charge is 0.480 e. The molecule has 106 valence electrons. The van der Waals surface area contributed by atoms with Crippen molar-refractivity contribution in [2.75, 3.05) is 0 Å². The van der Waals surface area contributed by atoms with Gasteiger partial charge in [0.15, 0.2) is 0 Å². The molecule has 2 amide bonds. The highest BCUT2D eigenvalue weighted by Crippen LogP contribution is 2.30. The number of benzene rings is 1. The normalized spacial score (nSPS) is 15.4. The van der Waals surface area contributed by atoms with E-state index in [4.69, 9.17) is 10.8 Å². The Kier molecular flexibility index (Phi) is 3.74. The quantitative estimate of drug-likeness (QED) is 0.833. The van der Waals surface area contributed by atoms with Crippen molar-refractivity contribution >= 4 is 17.8 Å². The van der Waals surface area contributed by atoms with Crippen LogP contribution in [0.15, 0.2) is 24.3 Å². The van der Waals surface area contributed by atoms with E-state index in [2.05, 4.69) is 0 Å². The summed E-state index contributed by atoms with van der Waals surface area (Å²) >= 11 is 0. The molecule has 6 heteroatoms. The SMILES string of the molecule is CC(C(=O)O)N(C(=O)c1ccc(C(N)=O)cc1)C1CC1. The third-order valence-electron chi connectivity index (χ3n) is 3.37. The van der Waals surface area contributed by atoms with Gasteiger partial charge in [-0.05, 0) is 44.0 Å². The summed E-state index contributed by atoms with van der Waals surface area (Å²) in [5.41, 5.74) is 5.80. The lowest BCUT2D eigenvalue weighted by molar-refractivity contribution is -0.141. The number of carboxylic acids is 1. The van der Waals surface area contributed by atoms with Gasteiger partial charge in [0.05, 0.1) is 0 Å². The Balaban J connectivity index is 2.23. The van der Waals surface area contributed by atoms with Crippen molar-refractivity contribution < 1.29 is 19.5 Å². The van der Waals surface area contributed by atoms with E-state index in [1.165, 1.54) is 36.1 Å². The molecule has 2 rings (SSSR count). The molecule has 0 spiro atoms. The molecule has 0 heterocycles. The first-order valence-electron chi connectivity index (χ1n) is 6.37. The second-order valence-electron chi connectivity index (χ2n) is 4.90. The number of carbonyl (C=O) groups excluding carboxylic acids is 2. The molecule has 1 saturated carbocycles. The number of primary amides is 1.